The molecule has 0 saturated carbocycles. The molecule has 0 fully saturated rings. The highest BCUT2D eigenvalue weighted by atomic mass is 16.5. The second-order valence-electron chi connectivity index (χ2n) is 6.32. The van der Waals surface area contributed by atoms with Crippen molar-refractivity contribution in [2.45, 2.75) is 26.7 Å². The molecule has 1 amide bonds. The van der Waals surface area contributed by atoms with Gasteiger partial charge in [-0.2, -0.15) is 5.10 Å². The monoisotopic (exact) mass is 386 g/mol. The van der Waals surface area contributed by atoms with Crippen molar-refractivity contribution in [3.63, 3.8) is 0 Å². The Morgan fingerprint density at radius 3 is 2.39 bits per heavy atom. The molecule has 0 spiro atoms. The van der Waals surface area contributed by atoms with Crippen LogP contribution in [0.1, 0.15) is 26.7 Å². The van der Waals surface area contributed by atoms with Gasteiger partial charge in [0, 0.05) is 18.2 Å². The SMILES string of the molecule is CCOC1=CC=C(C(=O)O)CC1(C)C(=O)O.O=C1CC=NN1c1ccccc1. The van der Waals surface area contributed by atoms with Gasteiger partial charge in [0.2, 0.25) is 0 Å². The van der Waals surface area contributed by atoms with Crippen molar-refractivity contribution in [3.8, 4) is 0 Å². The number of carboxylic acid groups (broad SMARTS) is 2. The van der Waals surface area contributed by atoms with Crippen LogP contribution < -0.4 is 5.01 Å². The van der Waals surface area contributed by atoms with Crippen LogP contribution in [-0.4, -0.2) is 40.9 Å². The molecule has 8 heteroatoms. The van der Waals surface area contributed by atoms with Crippen molar-refractivity contribution in [2.24, 2.45) is 10.5 Å². The molecule has 28 heavy (non-hydrogen) atoms. The topological polar surface area (TPSA) is 116 Å². The average molecular weight is 386 g/mol. The van der Waals surface area contributed by atoms with Gasteiger partial charge in [0.15, 0.2) is 0 Å². The third kappa shape index (κ3) is 4.64. The van der Waals surface area contributed by atoms with Gasteiger partial charge in [-0.25, -0.2) is 9.80 Å². The summed E-state index contributed by atoms with van der Waals surface area (Å²) < 4.78 is 5.23. The standard InChI is InChI=1S/C11H14O5.C9H8N2O/c1-3-16-8-5-4-7(9(12)13)6-11(8,2)10(14)15;12-9-6-7-10-11(9)8-4-2-1-3-5-8/h4-5H,3,6H2,1-2H3,(H,12,13)(H,14,15);1-5,7H,6H2. The Kier molecular flexibility index (Phi) is 6.70. The molecule has 3 rings (SSSR count). The molecule has 8 nitrogen and oxygen atoms in total. The number of hydrogen-bond donors (Lipinski definition) is 2. The maximum absolute atomic E-state index is 11.2. The van der Waals surface area contributed by atoms with Gasteiger partial charge in [-0.15, -0.1) is 0 Å². The van der Waals surface area contributed by atoms with Crippen LogP contribution in [0.25, 0.3) is 0 Å². The third-order valence-corrected chi connectivity index (χ3v) is 4.27. The zero-order valence-electron chi connectivity index (χ0n) is 15.7. The molecule has 1 heterocycles. The molecule has 148 valence electrons. The maximum Gasteiger partial charge on any atom is 0.331 e. The predicted octanol–water partition coefficient (Wildman–Crippen LogP) is 2.82. The van der Waals surface area contributed by atoms with Crippen molar-refractivity contribution in [1.29, 1.82) is 0 Å². The largest absolute Gasteiger partial charge is 0.497 e. The van der Waals surface area contributed by atoms with Crippen molar-refractivity contribution < 1.29 is 29.3 Å². The molecule has 1 atom stereocenters. The van der Waals surface area contributed by atoms with Crippen LogP contribution in [0.15, 0.2) is 58.9 Å². The number of benzene rings is 1. The van der Waals surface area contributed by atoms with Crippen LogP contribution >= 0.6 is 0 Å². The average Bonchev–Trinajstić information content (AvgIpc) is 3.10. The van der Waals surface area contributed by atoms with Crippen LogP contribution in [0.4, 0.5) is 5.69 Å². The molecule has 2 N–H and O–H groups in total. The molecule has 0 radical (unpaired) electrons. The van der Waals surface area contributed by atoms with Gasteiger partial charge in [0.25, 0.3) is 5.91 Å². The first-order valence-corrected chi connectivity index (χ1v) is 8.71. The summed E-state index contributed by atoms with van der Waals surface area (Å²) in [5, 5.41) is 23.4. The van der Waals surface area contributed by atoms with Gasteiger partial charge in [-0.3, -0.25) is 9.59 Å². The summed E-state index contributed by atoms with van der Waals surface area (Å²) in [4.78, 5) is 33.2. The van der Waals surface area contributed by atoms with Crippen LogP contribution in [0.3, 0.4) is 0 Å². The quantitative estimate of drug-likeness (QED) is 0.804. The zero-order chi connectivity index (χ0) is 20.7. The number of carbonyl (C=O) groups excluding carboxylic acids is 1. The third-order valence-electron chi connectivity index (χ3n) is 4.27. The molecule has 0 aromatic heterocycles. The number of hydrazone groups is 1. The lowest BCUT2D eigenvalue weighted by Gasteiger charge is -2.30. The molecular weight excluding hydrogens is 364 g/mol. The number of rotatable bonds is 5. The Bertz CT molecular complexity index is 844. The summed E-state index contributed by atoms with van der Waals surface area (Å²) >= 11 is 0. The van der Waals surface area contributed by atoms with Crippen LogP contribution in [0.2, 0.25) is 0 Å². The second kappa shape index (κ2) is 8.98. The highest BCUT2D eigenvalue weighted by Gasteiger charge is 2.42. The Labute approximate surface area is 162 Å². The maximum atomic E-state index is 11.2. The van der Waals surface area contributed by atoms with Gasteiger partial charge in [-0.05, 0) is 38.1 Å². The minimum Gasteiger partial charge on any atom is -0.497 e. The Morgan fingerprint density at radius 1 is 1.21 bits per heavy atom. The number of nitrogens with zero attached hydrogens (tertiary/aromatic N) is 2. The minimum atomic E-state index is -1.29. The smallest absolute Gasteiger partial charge is 0.331 e. The Balaban J connectivity index is 0.000000207. The summed E-state index contributed by atoms with van der Waals surface area (Å²) in [6, 6.07) is 9.40. The summed E-state index contributed by atoms with van der Waals surface area (Å²) in [5.74, 6) is -1.85. The van der Waals surface area contributed by atoms with E-state index in [1.807, 2.05) is 30.3 Å². The Morgan fingerprint density at radius 2 is 1.89 bits per heavy atom. The highest BCUT2D eigenvalue weighted by Crippen LogP contribution is 2.38. The van der Waals surface area contributed by atoms with Gasteiger partial charge >= 0.3 is 11.9 Å². The van der Waals surface area contributed by atoms with E-state index < -0.39 is 17.4 Å². The number of para-hydroxylation sites is 1. The van der Waals surface area contributed by atoms with E-state index in [2.05, 4.69) is 5.10 Å². The minimum absolute atomic E-state index is 0.0289. The molecule has 2 aliphatic rings. The van der Waals surface area contributed by atoms with Crippen LogP contribution in [0, 0.1) is 5.41 Å². The first-order chi connectivity index (χ1) is 13.3. The van der Waals surface area contributed by atoms with E-state index in [0.29, 0.717) is 18.8 Å². The number of carboxylic acids is 2. The molecular formula is C20H22N2O6. The number of anilines is 1. The van der Waals surface area contributed by atoms with Crippen molar-refractivity contribution in [2.75, 3.05) is 11.6 Å². The van der Waals surface area contributed by atoms with E-state index in [0.717, 1.165) is 5.69 Å². The second-order valence-corrected chi connectivity index (χ2v) is 6.32. The zero-order valence-corrected chi connectivity index (χ0v) is 15.7. The van der Waals surface area contributed by atoms with E-state index in [1.165, 1.54) is 24.1 Å². The first kappa shape index (κ1) is 20.9. The molecule has 0 saturated heterocycles. The molecule has 1 aliphatic carbocycles. The summed E-state index contributed by atoms with van der Waals surface area (Å²) in [5.41, 5.74) is -0.386. The lowest BCUT2D eigenvalue weighted by molar-refractivity contribution is -0.148. The number of hydrogen-bond acceptors (Lipinski definition) is 5. The molecule has 1 aromatic rings. The van der Waals surface area contributed by atoms with Crippen molar-refractivity contribution in [3.05, 3.63) is 53.8 Å². The van der Waals surface area contributed by atoms with Crippen molar-refractivity contribution in [1.82, 2.24) is 0 Å². The summed E-state index contributed by atoms with van der Waals surface area (Å²) in [6.07, 6.45) is 4.77. The number of amides is 1. The molecule has 1 aromatic carbocycles. The van der Waals surface area contributed by atoms with Crippen LogP contribution in [0.5, 0.6) is 0 Å². The van der Waals surface area contributed by atoms with Gasteiger partial charge in [0.1, 0.15) is 11.2 Å². The number of aliphatic carboxylic acids is 2. The highest BCUT2D eigenvalue weighted by molar-refractivity contribution is 6.05. The normalized spacial score (nSPS) is 20.6. The predicted molar refractivity (Wildman–Crippen MR) is 103 cm³/mol. The van der Waals surface area contributed by atoms with Crippen molar-refractivity contribution >= 4 is 29.7 Å². The number of allylic oxidation sites excluding steroid dienone is 2. The lowest BCUT2D eigenvalue weighted by Crippen LogP contribution is -2.34. The van der Waals surface area contributed by atoms with E-state index >= 15 is 0 Å². The molecule has 1 aliphatic heterocycles. The fourth-order valence-corrected chi connectivity index (χ4v) is 2.71. The fraction of sp³-hybridized carbons (Fsp3) is 0.300. The number of ether oxygens (including phenoxy) is 1. The summed E-state index contributed by atoms with van der Waals surface area (Å²) in [7, 11) is 0. The first-order valence-electron chi connectivity index (χ1n) is 8.71. The lowest BCUT2D eigenvalue weighted by atomic mass is 9.78. The van der Waals surface area contributed by atoms with Gasteiger partial charge < -0.3 is 14.9 Å². The van der Waals surface area contributed by atoms with Gasteiger partial charge in [0.05, 0.1) is 18.7 Å². The Hall–Kier alpha value is -3.42. The summed E-state index contributed by atoms with van der Waals surface area (Å²) in [6.45, 7) is 3.57. The fourth-order valence-electron chi connectivity index (χ4n) is 2.71. The van der Waals surface area contributed by atoms with E-state index in [-0.39, 0.29) is 17.9 Å². The van der Waals surface area contributed by atoms with E-state index in [1.54, 1.807) is 13.1 Å². The molecule has 0 bridgehead atoms. The van der Waals surface area contributed by atoms with Gasteiger partial charge in [-0.1, -0.05) is 18.2 Å². The number of carbonyl (C=O) groups is 3. The van der Waals surface area contributed by atoms with E-state index in [9.17, 15) is 14.4 Å². The van der Waals surface area contributed by atoms with E-state index in [4.69, 9.17) is 14.9 Å². The molecule has 1 unspecified atom stereocenters. The van der Waals surface area contributed by atoms with Crippen LogP contribution in [-0.2, 0) is 19.1 Å².